The van der Waals surface area contributed by atoms with Gasteiger partial charge in [0.25, 0.3) is 0 Å². The number of ether oxygens (including phenoxy) is 1. The molecule has 3 atom stereocenters. The van der Waals surface area contributed by atoms with Crippen molar-refractivity contribution in [1.29, 1.82) is 0 Å². The largest absolute Gasteiger partial charge is 0.490 e. The minimum Gasteiger partial charge on any atom is -0.490 e. The molecule has 92 valence electrons. The van der Waals surface area contributed by atoms with Crippen LogP contribution in [0, 0.1) is 6.92 Å². The standard InChI is InChI=1S/C15H21NO/c1-11-5-7-14(8-6-11)17-15-9-12-3-2-4-13(10-15)16-12/h5-8,12-13,15-16H,2-4,9-10H2,1H3/t12-,13+,15?. The maximum atomic E-state index is 6.11. The number of hydrogen-bond acceptors (Lipinski definition) is 2. The maximum Gasteiger partial charge on any atom is 0.119 e. The van der Waals surface area contributed by atoms with Gasteiger partial charge in [-0.2, -0.15) is 0 Å². The molecule has 0 radical (unpaired) electrons. The Hall–Kier alpha value is -1.02. The molecule has 1 N–H and O–H groups in total. The monoisotopic (exact) mass is 231 g/mol. The molecule has 1 aromatic rings. The lowest BCUT2D eigenvalue weighted by Crippen LogP contribution is -2.51. The number of fused-ring (bicyclic) bond motifs is 2. The van der Waals surface area contributed by atoms with Crippen LogP contribution in [0.5, 0.6) is 5.75 Å². The second kappa shape index (κ2) is 4.69. The van der Waals surface area contributed by atoms with Crippen LogP contribution in [0.4, 0.5) is 0 Å². The molecule has 2 aliphatic heterocycles. The van der Waals surface area contributed by atoms with Crippen molar-refractivity contribution in [3.05, 3.63) is 29.8 Å². The zero-order chi connectivity index (χ0) is 11.7. The minimum atomic E-state index is 0.411. The number of nitrogens with one attached hydrogen (secondary N) is 1. The van der Waals surface area contributed by atoms with Gasteiger partial charge in [0.05, 0.1) is 0 Å². The Balaban J connectivity index is 1.63. The van der Waals surface area contributed by atoms with E-state index < -0.39 is 0 Å². The van der Waals surface area contributed by atoms with Crippen LogP contribution in [-0.4, -0.2) is 18.2 Å². The topological polar surface area (TPSA) is 21.3 Å². The molecule has 2 fully saturated rings. The Morgan fingerprint density at radius 1 is 1.06 bits per heavy atom. The zero-order valence-electron chi connectivity index (χ0n) is 10.5. The average molecular weight is 231 g/mol. The molecule has 0 saturated carbocycles. The summed E-state index contributed by atoms with van der Waals surface area (Å²) in [6, 6.07) is 9.81. The van der Waals surface area contributed by atoms with Crippen LogP contribution in [0.1, 0.15) is 37.7 Å². The van der Waals surface area contributed by atoms with Crippen molar-refractivity contribution in [1.82, 2.24) is 5.32 Å². The van der Waals surface area contributed by atoms with E-state index >= 15 is 0 Å². The first kappa shape index (κ1) is 11.1. The Morgan fingerprint density at radius 2 is 1.71 bits per heavy atom. The van der Waals surface area contributed by atoms with Gasteiger partial charge in [-0.15, -0.1) is 0 Å². The Bertz CT molecular complexity index is 361. The van der Waals surface area contributed by atoms with Gasteiger partial charge in [-0.3, -0.25) is 0 Å². The summed E-state index contributed by atoms with van der Waals surface area (Å²) in [6.07, 6.45) is 6.79. The second-order valence-electron chi connectivity index (χ2n) is 5.52. The number of benzene rings is 1. The third-order valence-corrected chi connectivity index (χ3v) is 4.00. The Kier molecular flexibility index (Phi) is 3.06. The van der Waals surface area contributed by atoms with E-state index in [0.717, 1.165) is 5.75 Å². The predicted molar refractivity (Wildman–Crippen MR) is 69.4 cm³/mol. The quantitative estimate of drug-likeness (QED) is 0.844. The number of piperidine rings is 2. The fourth-order valence-electron chi connectivity index (χ4n) is 3.12. The van der Waals surface area contributed by atoms with Crippen LogP contribution in [0.2, 0.25) is 0 Å². The van der Waals surface area contributed by atoms with Crippen molar-refractivity contribution in [2.45, 2.75) is 57.2 Å². The number of hydrogen-bond donors (Lipinski definition) is 1. The van der Waals surface area contributed by atoms with Gasteiger partial charge in [0, 0.05) is 12.1 Å². The van der Waals surface area contributed by atoms with E-state index in [1.807, 2.05) is 0 Å². The van der Waals surface area contributed by atoms with Gasteiger partial charge < -0.3 is 10.1 Å². The summed E-state index contributed by atoms with van der Waals surface area (Å²) in [4.78, 5) is 0. The van der Waals surface area contributed by atoms with Gasteiger partial charge >= 0.3 is 0 Å². The van der Waals surface area contributed by atoms with Crippen molar-refractivity contribution in [2.24, 2.45) is 0 Å². The van der Waals surface area contributed by atoms with E-state index in [9.17, 15) is 0 Å². The summed E-state index contributed by atoms with van der Waals surface area (Å²) < 4.78 is 6.11. The van der Waals surface area contributed by atoms with E-state index in [-0.39, 0.29) is 0 Å². The first-order chi connectivity index (χ1) is 8.29. The third kappa shape index (κ3) is 2.63. The Labute approximate surface area is 103 Å². The molecule has 3 rings (SSSR count). The second-order valence-corrected chi connectivity index (χ2v) is 5.52. The zero-order valence-corrected chi connectivity index (χ0v) is 10.5. The predicted octanol–water partition coefficient (Wildman–Crippen LogP) is 3.05. The molecular formula is C15H21NO. The molecule has 0 aromatic heterocycles. The molecular weight excluding hydrogens is 210 g/mol. The van der Waals surface area contributed by atoms with Gasteiger partial charge in [-0.1, -0.05) is 24.1 Å². The van der Waals surface area contributed by atoms with Crippen LogP contribution < -0.4 is 10.1 Å². The lowest BCUT2D eigenvalue weighted by Gasteiger charge is -2.40. The molecule has 2 saturated heterocycles. The summed E-state index contributed by atoms with van der Waals surface area (Å²) in [7, 11) is 0. The smallest absolute Gasteiger partial charge is 0.119 e. The third-order valence-electron chi connectivity index (χ3n) is 4.00. The molecule has 2 nitrogen and oxygen atoms in total. The van der Waals surface area contributed by atoms with Crippen molar-refractivity contribution < 1.29 is 4.74 Å². The highest BCUT2D eigenvalue weighted by Crippen LogP contribution is 2.28. The molecule has 2 heteroatoms. The molecule has 17 heavy (non-hydrogen) atoms. The van der Waals surface area contributed by atoms with Gasteiger partial charge in [-0.25, -0.2) is 0 Å². The summed E-state index contributed by atoms with van der Waals surface area (Å²) in [6.45, 7) is 2.11. The first-order valence-electron chi connectivity index (χ1n) is 6.79. The maximum absolute atomic E-state index is 6.11. The molecule has 0 spiro atoms. The average Bonchev–Trinajstić information content (AvgIpc) is 2.32. The van der Waals surface area contributed by atoms with E-state index in [2.05, 4.69) is 36.5 Å². The minimum absolute atomic E-state index is 0.411. The molecule has 1 aromatic carbocycles. The van der Waals surface area contributed by atoms with Crippen LogP contribution in [0.15, 0.2) is 24.3 Å². The lowest BCUT2D eigenvalue weighted by atomic mass is 9.85. The highest BCUT2D eigenvalue weighted by Gasteiger charge is 2.32. The fourth-order valence-corrected chi connectivity index (χ4v) is 3.12. The molecule has 0 amide bonds. The van der Waals surface area contributed by atoms with Crippen molar-refractivity contribution >= 4 is 0 Å². The fraction of sp³-hybridized carbons (Fsp3) is 0.600. The van der Waals surface area contributed by atoms with Crippen molar-refractivity contribution in [3.63, 3.8) is 0 Å². The van der Waals surface area contributed by atoms with E-state index in [4.69, 9.17) is 4.74 Å². The number of aryl methyl sites for hydroxylation is 1. The van der Waals surface area contributed by atoms with Crippen LogP contribution in [-0.2, 0) is 0 Å². The van der Waals surface area contributed by atoms with E-state index in [0.29, 0.717) is 18.2 Å². The normalized spacial score (nSPS) is 32.2. The highest BCUT2D eigenvalue weighted by molar-refractivity contribution is 5.26. The summed E-state index contributed by atoms with van der Waals surface area (Å²) in [5.74, 6) is 1.03. The van der Waals surface area contributed by atoms with Crippen molar-refractivity contribution in [3.8, 4) is 5.75 Å². The summed E-state index contributed by atoms with van der Waals surface area (Å²) in [5, 5.41) is 3.70. The van der Waals surface area contributed by atoms with Crippen LogP contribution in [0.25, 0.3) is 0 Å². The Morgan fingerprint density at radius 3 is 2.35 bits per heavy atom. The summed E-state index contributed by atoms with van der Waals surface area (Å²) in [5.41, 5.74) is 1.29. The van der Waals surface area contributed by atoms with Crippen LogP contribution >= 0.6 is 0 Å². The van der Waals surface area contributed by atoms with Crippen LogP contribution in [0.3, 0.4) is 0 Å². The molecule has 0 aliphatic carbocycles. The van der Waals surface area contributed by atoms with Gasteiger partial charge in [0.1, 0.15) is 11.9 Å². The molecule has 2 heterocycles. The molecule has 1 unspecified atom stereocenters. The van der Waals surface area contributed by atoms with E-state index in [1.54, 1.807) is 0 Å². The molecule has 2 aliphatic rings. The van der Waals surface area contributed by atoms with Gasteiger partial charge in [0.2, 0.25) is 0 Å². The first-order valence-corrected chi connectivity index (χ1v) is 6.79. The number of rotatable bonds is 2. The highest BCUT2D eigenvalue weighted by atomic mass is 16.5. The SMILES string of the molecule is Cc1ccc(OC2C[C@H]3CCC[C@@H](C2)N3)cc1. The van der Waals surface area contributed by atoms with Crippen molar-refractivity contribution in [2.75, 3.05) is 0 Å². The van der Waals surface area contributed by atoms with Gasteiger partial charge in [-0.05, 0) is 44.7 Å². The van der Waals surface area contributed by atoms with Gasteiger partial charge in [0.15, 0.2) is 0 Å². The molecule has 2 bridgehead atoms. The van der Waals surface area contributed by atoms with E-state index in [1.165, 1.54) is 37.7 Å². The summed E-state index contributed by atoms with van der Waals surface area (Å²) >= 11 is 0. The lowest BCUT2D eigenvalue weighted by molar-refractivity contribution is 0.0927.